The first-order valence-corrected chi connectivity index (χ1v) is 13.2. The molecule has 9 heteroatoms. The van der Waals surface area contributed by atoms with Crippen molar-refractivity contribution in [2.45, 2.75) is 24.9 Å². The van der Waals surface area contributed by atoms with Gasteiger partial charge in [0.2, 0.25) is 17.7 Å². The van der Waals surface area contributed by atoms with Gasteiger partial charge in [-0.3, -0.25) is 19.7 Å². The summed E-state index contributed by atoms with van der Waals surface area (Å²) < 4.78 is 5.35. The highest BCUT2D eigenvalue weighted by Crippen LogP contribution is 2.55. The highest BCUT2D eigenvalue weighted by molar-refractivity contribution is 6.31. The molecule has 3 aliphatic rings. The first kappa shape index (κ1) is 23.9. The van der Waals surface area contributed by atoms with E-state index in [1.54, 1.807) is 36.4 Å². The fraction of sp³-hybridized carbons (Fsp3) is 0.233. The van der Waals surface area contributed by atoms with Gasteiger partial charge in [0, 0.05) is 45.5 Å². The third kappa shape index (κ3) is 3.25. The molecule has 0 saturated carbocycles. The van der Waals surface area contributed by atoms with Gasteiger partial charge in [-0.25, -0.2) is 4.90 Å². The summed E-state index contributed by atoms with van der Waals surface area (Å²) in [6.45, 7) is 1.87. The summed E-state index contributed by atoms with van der Waals surface area (Å²) in [6.07, 6.45) is 2.37. The van der Waals surface area contributed by atoms with Gasteiger partial charge in [0.25, 0.3) is 0 Å². The van der Waals surface area contributed by atoms with Gasteiger partial charge in [0.05, 0.1) is 24.6 Å². The average Bonchev–Trinajstić information content (AvgIpc) is 3.64. The number of benzene rings is 3. The lowest BCUT2D eigenvalue weighted by atomic mass is 9.76. The number of imide groups is 1. The van der Waals surface area contributed by atoms with Gasteiger partial charge in [-0.15, -0.1) is 0 Å². The summed E-state index contributed by atoms with van der Waals surface area (Å²) in [5.41, 5.74) is 2.98. The van der Waals surface area contributed by atoms with Crippen LogP contribution in [0, 0.1) is 18.8 Å². The molecule has 7 rings (SSSR count). The Labute approximate surface area is 229 Å². The molecular formula is C30H25ClN4O4. The van der Waals surface area contributed by atoms with E-state index in [1.165, 1.54) is 12.0 Å². The lowest BCUT2D eigenvalue weighted by Gasteiger charge is -2.29. The van der Waals surface area contributed by atoms with Crippen LogP contribution in [0.5, 0.6) is 5.75 Å². The molecule has 3 aromatic carbocycles. The first-order chi connectivity index (χ1) is 18.8. The Kier molecular flexibility index (Phi) is 5.17. The number of rotatable bonds is 4. The van der Waals surface area contributed by atoms with Crippen molar-refractivity contribution < 1.29 is 19.1 Å². The maximum atomic E-state index is 14.2. The molecule has 8 nitrogen and oxygen atoms in total. The van der Waals surface area contributed by atoms with E-state index in [9.17, 15) is 14.4 Å². The molecule has 3 amide bonds. The Hall–Kier alpha value is -4.14. The van der Waals surface area contributed by atoms with E-state index < -0.39 is 29.3 Å². The second-order valence-electron chi connectivity index (χ2n) is 10.4. The summed E-state index contributed by atoms with van der Waals surface area (Å²) >= 11 is 6.47. The Morgan fingerprint density at radius 1 is 1.03 bits per heavy atom. The Bertz CT molecular complexity index is 1710. The van der Waals surface area contributed by atoms with Gasteiger partial charge in [-0.2, -0.15) is 0 Å². The van der Waals surface area contributed by atoms with E-state index >= 15 is 0 Å². The fourth-order valence-corrected chi connectivity index (χ4v) is 7.02. The summed E-state index contributed by atoms with van der Waals surface area (Å²) in [5.74, 6) is -2.31. The van der Waals surface area contributed by atoms with Crippen LogP contribution < -0.4 is 20.3 Å². The normalized spacial score (nSPS) is 25.5. The van der Waals surface area contributed by atoms with Crippen molar-refractivity contribution in [3.05, 3.63) is 88.6 Å². The molecule has 1 aromatic heterocycles. The highest BCUT2D eigenvalue weighted by atomic mass is 35.5. The maximum absolute atomic E-state index is 14.2. The van der Waals surface area contributed by atoms with Crippen LogP contribution in [0.4, 0.5) is 11.4 Å². The molecule has 0 unspecified atom stereocenters. The minimum absolute atomic E-state index is 0.340. The number of carbonyl (C=O) groups excluding carboxylic acids is 3. The van der Waals surface area contributed by atoms with Gasteiger partial charge in [-0.05, 0) is 54.8 Å². The third-order valence-corrected chi connectivity index (χ3v) is 8.63. The number of aromatic amines is 1. The Morgan fingerprint density at radius 3 is 2.67 bits per heavy atom. The first-order valence-electron chi connectivity index (χ1n) is 12.8. The number of aromatic nitrogens is 1. The minimum Gasteiger partial charge on any atom is -0.497 e. The van der Waals surface area contributed by atoms with E-state index in [1.807, 2.05) is 37.4 Å². The zero-order valence-electron chi connectivity index (χ0n) is 21.2. The number of nitrogens with zero attached hydrogens (tertiary/aromatic N) is 1. The minimum atomic E-state index is -1.44. The van der Waals surface area contributed by atoms with Crippen LogP contribution in [-0.4, -0.2) is 35.9 Å². The highest BCUT2D eigenvalue weighted by Gasteiger charge is 2.70. The number of methoxy groups -OCH3 is 1. The fourth-order valence-electron chi connectivity index (χ4n) is 6.75. The predicted molar refractivity (Wildman–Crippen MR) is 148 cm³/mol. The SMILES string of the molecule is COc1cccc(N2C(=O)[C@@H]3[C@H](Cc4c[nH]c5ccccc45)N[C@@]4(C(=O)Nc5c(C)cc(Cl)cc54)[C@@H]3C2=O)c1. The number of para-hydroxylation sites is 1. The molecule has 3 aliphatic heterocycles. The van der Waals surface area contributed by atoms with Gasteiger partial charge in [0.1, 0.15) is 11.3 Å². The van der Waals surface area contributed by atoms with E-state index in [0.717, 1.165) is 22.0 Å². The number of halogens is 1. The largest absolute Gasteiger partial charge is 0.497 e. The number of carbonyl (C=O) groups is 3. The molecule has 3 N–H and O–H groups in total. The average molecular weight is 541 g/mol. The Morgan fingerprint density at radius 2 is 1.85 bits per heavy atom. The number of aryl methyl sites for hydroxylation is 1. The number of H-pyrrole nitrogens is 1. The van der Waals surface area contributed by atoms with Crippen molar-refractivity contribution in [2.75, 3.05) is 17.3 Å². The Balaban J connectivity index is 1.40. The van der Waals surface area contributed by atoms with Crippen molar-refractivity contribution in [2.24, 2.45) is 11.8 Å². The monoisotopic (exact) mass is 540 g/mol. The van der Waals surface area contributed by atoms with E-state index in [4.69, 9.17) is 16.3 Å². The van der Waals surface area contributed by atoms with Crippen molar-refractivity contribution >= 4 is 51.6 Å². The van der Waals surface area contributed by atoms with Gasteiger partial charge < -0.3 is 15.0 Å². The van der Waals surface area contributed by atoms with Crippen LogP contribution >= 0.6 is 11.6 Å². The summed E-state index contributed by atoms with van der Waals surface area (Å²) in [7, 11) is 1.53. The summed E-state index contributed by atoms with van der Waals surface area (Å²) in [4.78, 5) is 46.8. The molecule has 4 aromatic rings. The van der Waals surface area contributed by atoms with Crippen molar-refractivity contribution in [3.8, 4) is 5.75 Å². The van der Waals surface area contributed by atoms with Crippen LogP contribution in [0.1, 0.15) is 16.7 Å². The van der Waals surface area contributed by atoms with Crippen LogP contribution in [0.2, 0.25) is 5.02 Å². The molecule has 196 valence electrons. The maximum Gasteiger partial charge on any atom is 0.250 e. The quantitative estimate of drug-likeness (QED) is 0.335. The molecule has 4 atom stereocenters. The second-order valence-corrected chi connectivity index (χ2v) is 10.9. The molecule has 0 bridgehead atoms. The standard InChI is InChI=1S/C30H25ClN4O4/c1-15-10-17(31)12-21-26(15)33-29(38)30(21)25-24(23(34-30)11-16-14-32-22-9-4-3-8-20(16)22)27(36)35(28(25)37)18-6-5-7-19(13-18)39-2/h3-10,12-14,23-25,32,34H,11H2,1-2H3,(H,33,38)/t23-,24+,25-,30+/m0/s1. The lowest BCUT2D eigenvalue weighted by Crippen LogP contribution is -2.53. The number of fused-ring (bicyclic) bond motifs is 5. The second kappa shape index (κ2) is 8.43. The molecule has 39 heavy (non-hydrogen) atoms. The summed E-state index contributed by atoms with van der Waals surface area (Å²) in [6, 6.07) is 17.8. The zero-order chi connectivity index (χ0) is 27.1. The van der Waals surface area contributed by atoms with Gasteiger partial charge >= 0.3 is 0 Å². The lowest BCUT2D eigenvalue weighted by molar-refractivity contribution is -0.130. The smallest absolute Gasteiger partial charge is 0.250 e. The van der Waals surface area contributed by atoms with Crippen molar-refractivity contribution in [1.82, 2.24) is 10.3 Å². The van der Waals surface area contributed by atoms with Crippen molar-refractivity contribution in [3.63, 3.8) is 0 Å². The number of hydrogen-bond donors (Lipinski definition) is 3. The van der Waals surface area contributed by atoms with Crippen LogP contribution in [0.25, 0.3) is 10.9 Å². The molecule has 1 spiro atoms. The predicted octanol–water partition coefficient (Wildman–Crippen LogP) is 4.31. The van der Waals surface area contributed by atoms with Gasteiger partial charge in [-0.1, -0.05) is 35.9 Å². The zero-order valence-corrected chi connectivity index (χ0v) is 22.0. The van der Waals surface area contributed by atoms with Crippen LogP contribution in [0.15, 0.2) is 66.9 Å². The molecule has 4 heterocycles. The molecular weight excluding hydrogens is 516 g/mol. The van der Waals surface area contributed by atoms with Crippen LogP contribution in [0.3, 0.4) is 0 Å². The molecule has 2 fully saturated rings. The number of hydrogen-bond acceptors (Lipinski definition) is 5. The topological polar surface area (TPSA) is 104 Å². The van der Waals surface area contributed by atoms with E-state index in [0.29, 0.717) is 34.1 Å². The van der Waals surface area contributed by atoms with E-state index in [2.05, 4.69) is 15.6 Å². The molecule has 0 radical (unpaired) electrons. The number of amides is 3. The third-order valence-electron chi connectivity index (χ3n) is 8.41. The summed E-state index contributed by atoms with van der Waals surface area (Å²) in [5, 5.41) is 7.99. The van der Waals surface area contributed by atoms with Crippen molar-refractivity contribution in [1.29, 1.82) is 0 Å². The van der Waals surface area contributed by atoms with E-state index in [-0.39, 0.29) is 11.8 Å². The van der Waals surface area contributed by atoms with Crippen LogP contribution in [-0.2, 0) is 26.3 Å². The van der Waals surface area contributed by atoms with Gasteiger partial charge in [0.15, 0.2) is 0 Å². The number of anilines is 2. The number of nitrogens with one attached hydrogen (secondary N) is 3. The molecule has 2 saturated heterocycles. The number of ether oxygens (including phenoxy) is 1. The molecule has 0 aliphatic carbocycles.